The highest BCUT2D eigenvalue weighted by atomic mass is 127. The molecule has 14 heavy (non-hydrogen) atoms. The highest BCUT2D eigenvalue weighted by Crippen LogP contribution is 2.34. The molecule has 7 heteroatoms. The van der Waals surface area contributed by atoms with Crippen LogP contribution in [0.15, 0.2) is 6.20 Å². The Morgan fingerprint density at radius 2 is 2.07 bits per heavy atom. The van der Waals surface area contributed by atoms with Gasteiger partial charge in [0.05, 0.1) is 11.9 Å². The highest BCUT2D eigenvalue weighted by Gasteiger charge is 2.33. The average Bonchev–Trinajstić information content (AvgIpc) is 2.04. The fourth-order valence-electron chi connectivity index (χ4n) is 0.783. The summed E-state index contributed by atoms with van der Waals surface area (Å²) >= 11 is 1.56. The van der Waals surface area contributed by atoms with E-state index in [9.17, 15) is 13.2 Å². The lowest BCUT2D eigenvalue weighted by Crippen LogP contribution is -2.18. The van der Waals surface area contributed by atoms with Crippen molar-refractivity contribution in [2.24, 2.45) is 0 Å². The summed E-state index contributed by atoms with van der Waals surface area (Å²) in [6, 6.07) is 0. The number of hydrogen-bond donors (Lipinski definition) is 1. The number of hydrogen-bond acceptors (Lipinski definition) is 3. The number of alkyl halides is 3. The van der Waals surface area contributed by atoms with Gasteiger partial charge in [-0.25, -0.2) is 0 Å². The van der Waals surface area contributed by atoms with Crippen LogP contribution in [0.25, 0.3) is 0 Å². The molecule has 1 heterocycles. The number of rotatable bonds is 1. The third kappa shape index (κ3) is 2.63. The van der Waals surface area contributed by atoms with Crippen LogP contribution < -0.4 is 4.74 Å². The summed E-state index contributed by atoms with van der Waals surface area (Å²) in [6.07, 6.45) is -3.71. The van der Waals surface area contributed by atoms with Crippen molar-refractivity contribution in [1.29, 1.82) is 0 Å². The predicted octanol–water partition coefficient (Wildman–Crippen LogP) is 2.60. The molecule has 0 aliphatic heterocycles. The molecule has 0 aromatic carbocycles. The first kappa shape index (κ1) is 11.3. The van der Waals surface area contributed by atoms with E-state index in [1.165, 1.54) is 6.92 Å². The first-order valence-corrected chi connectivity index (χ1v) is 4.49. The molecule has 78 valence electrons. The third-order valence-electron chi connectivity index (χ3n) is 1.35. The van der Waals surface area contributed by atoms with Crippen molar-refractivity contribution in [3.05, 3.63) is 15.5 Å². The van der Waals surface area contributed by atoms with Gasteiger partial charge in [0.15, 0.2) is 11.5 Å². The Kier molecular flexibility index (Phi) is 3.07. The Labute approximate surface area is 91.0 Å². The molecule has 0 atom stereocenters. The standard InChI is InChI=1S/C7H5F3INO2/c1-3-6(14-7(8,9)10)5(11)4(13)2-12-3/h2,13H,1H3. The summed E-state index contributed by atoms with van der Waals surface area (Å²) in [6.45, 7) is 1.36. The van der Waals surface area contributed by atoms with Crippen LogP contribution in [0.2, 0.25) is 0 Å². The zero-order valence-corrected chi connectivity index (χ0v) is 9.05. The van der Waals surface area contributed by atoms with Crippen LogP contribution in [0.3, 0.4) is 0 Å². The van der Waals surface area contributed by atoms with Crippen molar-refractivity contribution in [1.82, 2.24) is 4.98 Å². The molecule has 0 spiro atoms. The molecule has 0 bridgehead atoms. The van der Waals surface area contributed by atoms with E-state index in [1.807, 2.05) is 0 Å². The van der Waals surface area contributed by atoms with Crippen LogP contribution >= 0.6 is 22.6 Å². The van der Waals surface area contributed by atoms with Gasteiger partial charge in [-0.2, -0.15) is 0 Å². The zero-order valence-electron chi connectivity index (χ0n) is 6.89. The minimum Gasteiger partial charge on any atom is -0.505 e. The summed E-state index contributed by atoms with van der Waals surface area (Å²) in [7, 11) is 0. The van der Waals surface area contributed by atoms with Gasteiger partial charge in [-0.1, -0.05) is 0 Å². The first-order chi connectivity index (χ1) is 6.31. The topological polar surface area (TPSA) is 42.4 Å². The van der Waals surface area contributed by atoms with Gasteiger partial charge in [0.25, 0.3) is 0 Å². The van der Waals surface area contributed by atoms with Crippen molar-refractivity contribution in [3.8, 4) is 11.5 Å². The SMILES string of the molecule is Cc1ncc(O)c(I)c1OC(F)(F)F. The second kappa shape index (κ2) is 3.79. The number of nitrogens with zero attached hydrogens (tertiary/aromatic N) is 1. The van der Waals surface area contributed by atoms with Gasteiger partial charge in [-0.05, 0) is 29.5 Å². The Hall–Kier alpha value is -0.730. The van der Waals surface area contributed by atoms with Crippen molar-refractivity contribution in [2.75, 3.05) is 0 Å². The summed E-state index contributed by atoms with van der Waals surface area (Å²) < 4.78 is 39.4. The Morgan fingerprint density at radius 3 is 2.57 bits per heavy atom. The first-order valence-electron chi connectivity index (χ1n) is 3.41. The largest absolute Gasteiger partial charge is 0.573 e. The fraction of sp³-hybridized carbons (Fsp3) is 0.286. The number of aromatic nitrogens is 1. The van der Waals surface area contributed by atoms with Gasteiger partial charge in [0, 0.05) is 0 Å². The summed E-state index contributed by atoms with van der Waals surface area (Å²) in [4.78, 5) is 3.54. The fourth-order valence-corrected chi connectivity index (χ4v) is 1.42. The molecular formula is C7H5F3INO2. The predicted molar refractivity (Wildman–Crippen MR) is 50.0 cm³/mol. The Morgan fingerprint density at radius 1 is 1.50 bits per heavy atom. The summed E-state index contributed by atoms with van der Waals surface area (Å²) in [5.74, 6) is -0.798. The van der Waals surface area contributed by atoms with E-state index in [0.29, 0.717) is 0 Å². The summed E-state index contributed by atoms with van der Waals surface area (Å²) in [5, 5.41) is 9.10. The molecule has 0 saturated heterocycles. The molecule has 0 saturated carbocycles. The molecule has 0 aliphatic carbocycles. The van der Waals surface area contributed by atoms with Gasteiger partial charge in [0.2, 0.25) is 0 Å². The molecule has 1 N–H and O–H groups in total. The summed E-state index contributed by atoms with van der Waals surface area (Å²) in [5.41, 5.74) is 0.0736. The van der Waals surface area contributed by atoms with E-state index in [0.717, 1.165) is 6.20 Å². The smallest absolute Gasteiger partial charge is 0.505 e. The molecule has 1 rings (SSSR count). The highest BCUT2D eigenvalue weighted by molar-refractivity contribution is 14.1. The van der Waals surface area contributed by atoms with Crippen LogP contribution in [-0.2, 0) is 0 Å². The number of aromatic hydroxyl groups is 1. The van der Waals surface area contributed by atoms with Crippen LogP contribution in [0.4, 0.5) is 13.2 Å². The van der Waals surface area contributed by atoms with E-state index in [1.54, 1.807) is 22.6 Å². The van der Waals surface area contributed by atoms with Crippen LogP contribution in [0.1, 0.15) is 5.69 Å². The average molecular weight is 319 g/mol. The van der Waals surface area contributed by atoms with E-state index in [4.69, 9.17) is 5.11 Å². The molecule has 3 nitrogen and oxygen atoms in total. The van der Waals surface area contributed by atoms with Crippen molar-refractivity contribution in [2.45, 2.75) is 13.3 Å². The minimum absolute atomic E-state index is 0.00701. The molecule has 0 radical (unpaired) electrons. The third-order valence-corrected chi connectivity index (χ3v) is 2.39. The number of ether oxygens (including phenoxy) is 1. The maximum absolute atomic E-state index is 11.9. The maximum Gasteiger partial charge on any atom is 0.573 e. The van der Waals surface area contributed by atoms with Crippen molar-refractivity contribution in [3.63, 3.8) is 0 Å². The lowest BCUT2D eigenvalue weighted by atomic mass is 10.3. The van der Waals surface area contributed by atoms with Gasteiger partial charge in [-0.15, -0.1) is 13.2 Å². The van der Waals surface area contributed by atoms with Crippen LogP contribution in [0, 0.1) is 10.5 Å². The number of pyridine rings is 1. The van der Waals surface area contributed by atoms with E-state index >= 15 is 0 Å². The van der Waals surface area contributed by atoms with E-state index < -0.39 is 12.1 Å². The molecule has 0 unspecified atom stereocenters. The Balaban J connectivity index is 3.13. The molecule has 1 aromatic heterocycles. The van der Waals surface area contributed by atoms with Crippen LogP contribution in [-0.4, -0.2) is 16.5 Å². The quantitative estimate of drug-likeness (QED) is 0.809. The Bertz CT molecular complexity index is 354. The van der Waals surface area contributed by atoms with Crippen molar-refractivity contribution < 1.29 is 23.0 Å². The van der Waals surface area contributed by atoms with Crippen LogP contribution in [0.5, 0.6) is 11.5 Å². The molecule has 0 aliphatic rings. The molecule has 1 aromatic rings. The van der Waals surface area contributed by atoms with E-state index in [-0.39, 0.29) is 15.0 Å². The van der Waals surface area contributed by atoms with Gasteiger partial charge in [-0.3, -0.25) is 4.98 Å². The normalized spacial score (nSPS) is 11.5. The second-order valence-electron chi connectivity index (χ2n) is 2.42. The maximum atomic E-state index is 11.9. The number of aryl methyl sites for hydroxylation is 1. The van der Waals surface area contributed by atoms with Gasteiger partial charge >= 0.3 is 6.36 Å². The molecule has 0 amide bonds. The number of halogens is 4. The zero-order chi connectivity index (χ0) is 10.9. The lowest BCUT2D eigenvalue weighted by Gasteiger charge is -2.12. The second-order valence-corrected chi connectivity index (χ2v) is 3.50. The van der Waals surface area contributed by atoms with Gasteiger partial charge < -0.3 is 9.84 Å². The van der Waals surface area contributed by atoms with Crippen molar-refractivity contribution >= 4 is 22.6 Å². The van der Waals surface area contributed by atoms with E-state index in [2.05, 4.69) is 9.72 Å². The molecular weight excluding hydrogens is 314 g/mol. The molecule has 0 fully saturated rings. The monoisotopic (exact) mass is 319 g/mol. The van der Waals surface area contributed by atoms with Gasteiger partial charge in [0.1, 0.15) is 3.57 Å². The lowest BCUT2D eigenvalue weighted by molar-refractivity contribution is -0.275. The minimum atomic E-state index is -4.78.